The first-order valence-corrected chi connectivity index (χ1v) is 10.7. The molecule has 0 saturated carbocycles. The molecule has 32 heavy (non-hydrogen) atoms. The van der Waals surface area contributed by atoms with Gasteiger partial charge < -0.3 is 20.3 Å². The molecule has 2 heterocycles. The second kappa shape index (κ2) is 11.4. The van der Waals surface area contributed by atoms with Gasteiger partial charge in [0.2, 0.25) is 0 Å². The number of para-hydroxylation sites is 2. The predicted octanol–water partition coefficient (Wildman–Crippen LogP) is 4.10. The Labute approximate surface area is 210 Å². The molecule has 1 fully saturated rings. The Morgan fingerprint density at radius 2 is 2.00 bits per heavy atom. The average molecular weight is 567 g/mol. The normalized spacial score (nSPS) is 15.9. The fourth-order valence-corrected chi connectivity index (χ4v) is 3.87. The topological polar surface area (TPSA) is 66.7 Å². The molecule has 2 aromatic carbocycles. The second-order valence-corrected chi connectivity index (χ2v) is 7.88. The number of aliphatic imine (C=N–C) groups is 1. The number of anilines is 1. The van der Waals surface area contributed by atoms with Crippen molar-refractivity contribution in [1.29, 1.82) is 0 Å². The zero-order valence-electron chi connectivity index (χ0n) is 18.2. The molecule has 1 unspecified atom stereocenters. The summed E-state index contributed by atoms with van der Waals surface area (Å²) in [5.74, 6) is 1.69. The van der Waals surface area contributed by atoms with Gasteiger partial charge in [-0.05, 0) is 42.8 Å². The van der Waals surface area contributed by atoms with Crippen LogP contribution in [0.15, 0.2) is 65.9 Å². The van der Waals surface area contributed by atoms with Crippen LogP contribution in [0.1, 0.15) is 12.0 Å². The van der Waals surface area contributed by atoms with Gasteiger partial charge in [0.25, 0.3) is 0 Å². The van der Waals surface area contributed by atoms with E-state index in [0.717, 1.165) is 48.2 Å². The highest BCUT2D eigenvalue weighted by molar-refractivity contribution is 14.0. The van der Waals surface area contributed by atoms with E-state index < -0.39 is 0 Å². The number of methoxy groups -OCH3 is 1. The standard InChI is InChI=1S/C23H27ClN6O.HI/c1-25-23(26-13-17-14-27-30(15-17)20-9-7-18(24)8-10-20)28-19-11-12-29(16-19)21-5-3-4-6-22(21)31-2;/h3-10,14-15,19H,11-13,16H2,1-2H3,(H2,25,26,28);1H. The minimum Gasteiger partial charge on any atom is -0.495 e. The van der Waals surface area contributed by atoms with E-state index in [1.165, 1.54) is 0 Å². The quantitative estimate of drug-likeness (QED) is 0.267. The molecule has 0 radical (unpaired) electrons. The second-order valence-electron chi connectivity index (χ2n) is 7.44. The summed E-state index contributed by atoms with van der Waals surface area (Å²) in [4.78, 5) is 6.73. The van der Waals surface area contributed by atoms with E-state index in [9.17, 15) is 0 Å². The summed E-state index contributed by atoms with van der Waals surface area (Å²) >= 11 is 5.96. The molecule has 1 aromatic heterocycles. The van der Waals surface area contributed by atoms with Gasteiger partial charge in [0.05, 0.1) is 24.7 Å². The summed E-state index contributed by atoms with van der Waals surface area (Å²) in [6, 6.07) is 16.1. The highest BCUT2D eigenvalue weighted by Gasteiger charge is 2.25. The van der Waals surface area contributed by atoms with Crippen LogP contribution >= 0.6 is 35.6 Å². The number of hydrogen-bond acceptors (Lipinski definition) is 4. The van der Waals surface area contributed by atoms with Crippen molar-refractivity contribution in [3.63, 3.8) is 0 Å². The van der Waals surface area contributed by atoms with E-state index in [1.807, 2.05) is 59.5 Å². The molecule has 7 nitrogen and oxygen atoms in total. The summed E-state index contributed by atoms with van der Waals surface area (Å²) in [7, 11) is 3.50. The summed E-state index contributed by atoms with van der Waals surface area (Å²) in [5, 5.41) is 12.1. The Kier molecular flexibility index (Phi) is 8.63. The van der Waals surface area contributed by atoms with Gasteiger partial charge in [-0.25, -0.2) is 4.68 Å². The Morgan fingerprint density at radius 3 is 2.75 bits per heavy atom. The molecule has 0 aliphatic carbocycles. The third kappa shape index (κ3) is 5.86. The number of nitrogens with zero attached hydrogens (tertiary/aromatic N) is 4. The van der Waals surface area contributed by atoms with E-state index in [0.29, 0.717) is 17.6 Å². The summed E-state index contributed by atoms with van der Waals surface area (Å²) in [6.07, 6.45) is 4.89. The van der Waals surface area contributed by atoms with Crippen LogP contribution in [0.25, 0.3) is 5.69 Å². The molecule has 9 heteroatoms. The lowest BCUT2D eigenvalue weighted by Crippen LogP contribution is -2.44. The molecule has 0 bridgehead atoms. The molecule has 0 spiro atoms. The zero-order valence-corrected chi connectivity index (χ0v) is 21.2. The summed E-state index contributed by atoms with van der Waals surface area (Å²) in [5.41, 5.74) is 3.17. The highest BCUT2D eigenvalue weighted by atomic mass is 127. The smallest absolute Gasteiger partial charge is 0.191 e. The molecule has 2 N–H and O–H groups in total. The monoisotopic (exact) mass is 566 g/mol. The van der Waals surface area contributed by atoms with Gasteiger partial charge in [-0.3, -0.25) is 4.99 Å². The van der Waals surface area contributed by atoms with Crippen molar-refractivity contribution in [1.82, 2.24) is 20.4 Å². The van der Waals surface area contributed by atoms with Crippen LogP contribution in [0, 0.1) is 0 Å². The number of ether oxygens (including phenoxy) is 1. The number of halogens is 2. The van der Waals surface area contributed by atoms with Crippen LogP contribution in [0.4, 0.5) is 5.69 Å². The van der Waals surface area contributed by atoms with Crippen LogP contribution in [-0.2, 0) is 6.54 Å². The van der Waals surface area contributed by atoms with Crippen molar-refractivity contribution in [2.45, 2.75) is 19.0 Å². The molecule has 1 saturated heterocycles. The SMILES string of the molecule is CN=C(NCc1cnn(-c2ccc(Cl)cc2)c1)NC1CCN(c2ccccc2OC)C1.I. The molecule has 3 aromatic rings. The van der Waals surface area contributed by atoms with Crippen molar-refractivity contribution in [2.24, 2.45) is 4.99 Å². The first-order valence-electron chi connectivity index (χ1n) is 10.3. The lowest BCUT2D eigenvalue weighted by Gasteiger charge is -2.22. The van der Waals surface area contributed by atoms with E-state index in [1.54, 1.807) is 14.2 Å². The molecular formula is C23H28ClIN6O. The third-order valence-corrected chi connectivity index (χ3v) is 5.62. The van der Waals surface area contributed by atoms with Crippen LogP contribution in [0.2, 0.25) is 5.02 Å². The number of rotatable bonds is 6. The lowest BCUT2D eigenvalue weighted by molar-refractivity contribution is 0.415. The maximum atomic E-state index is 5.96. The van der Waals surface area contributed by atoms with Crippen LogP contribution in [0.3, 0.4) is 0 Å². The fourth-order valence-electron chi connectivity index (χ4n) is 3.75. The molecule has 1 aliphatic rings. The van der Waals surface area contributed by atoms with Crippen LogP contribution in [-0.4, -0.2) is 49.0 Å². The number of benzene rings is 2. The Bertz CT molecular complexity index is 1040. The number of nitrogens with one attached hydrogen (secondary N) is 2. The largest absolute Gasteiger partial charge is 0.495 e. The molecule has 0 amide bonds. The maximum absolute atomic E-state index is 5.96. The van der Waals surface area contributed by atoms with Crippen LogP contribution in [0.5, 0.6) is 5.75 Å². The number of guanidine groups is 1. The molecule has 1 aliphatic heterocycles. The first kappa shape index (κ1) is 24.2. The Morgan fingerprint density at radius 1 is 1.22 bits per heavy atom. The number of hydrogen-bond donors (Lipinski definition) is 2. The Hall–Kier alpha value is -2.46. The van der Waals surface area contributed by atoms with E-state index in [-0.39, 0.29) is 24.0 Å². The lowest BCUT2D eigenvalue weighted by atomic mass is 10.2. The van der Waals surface area contributed by atoms with Gasteiger partial charge in [-0.2, -0.15) is 5.10 Å². The number of aromatic nitrogens is 2. The van der Waals surface area contributed by atoms with Crippen molar-refractivity contribution in [2.75, 3.05) is 32.1 Å². The minimum atomic E-state index is 0. The minimum absolute atomic E-state index is 0. The van der Waals surface area contributed by atoms with Gasteiger partial charge >= 0.3 is 0 Å². The van der Waals surface area contributed by atoms with Gasteiger partial charge in [0.15, 0.2) is 5.96 Å². The molecular weight excluding hydrogens is 539 g/mol. The predicted molar refractivity (Wildman–Crippen MR) is 141 cm³/mol. The van der Waals surface area contributed by atoms with E-state index >= 15 is 0 Å². The average Bonchev–Trinajstić information content (AvgIpc) is 3.47. The third-order valence-electron chi connectivity index (χ3n) is 5.37. The summed E-state index contributed by atoms with van der Waals surface area (Å²) < 4.78 is 7.35. The van der Waals surface area contributed by atoms with Crippen molar-refractivity contribution >= 4 is 47.2 Å². The summed E-state index contributed by atoms with van der Waals surface area (Å²) in [6.45, 7) is 2.51. The molecule has 4 rings (SSSR count). The van der Waals surface area contributed by atoms with Crippen molar-refractivity contribution in [3.05, 3.63) is 71.5 Å². The van der Waals surface area contributed by atoms with Gasteiger partial charge in [-0.15, -0.1) is 24.0 Å². The fraction of sp³-hybridized carbons (Fsp3) is 0.304. The van der Waals surface area contributed by atoms with Gasteiger partial charge in [0.1, 0.15) is 5.75 Å². The molecule has 1 atom stereocenters. The van der Waals surface area contributed by atoms with Crippen LogP contribution < -0.4 is 20.3 Å². The van der Waals surface area contributed by atoms with Crippen molar-refractivity contribution in [3.8, 4) is 11.4 Å². The van der Waals surface area contributed by atoms with Gasteiger partial charge in [0, 0.05) is 49.5 Å². The van der Waals surface area contributed by atoms with E-state index in [4.69, 9.17) is 16.3 Å². The highest BCUT2D eigenvalue weighted by Crippen LogP contribution is 2.30. The van der Waals surface area contributed by atoms with E-state index in [2.05, 4.69) is 31.7 Å². The zero-order chi connectivity index (χ0) is 21.6. The first-order chi connectivity index (χ1) is 15.2. The van der Waals surface area contributed by atoms with Gasteiger partial charge in [-0.1, -0.05) is 23.7 Å². The maximum Gasteiger partial charge on any atom is 0.191 e. The Balaban J connectivity index is 0.00000289. The van der Waals surface area contributed by atoms with Crippen molar-refractivity contribution < 1.29 is 4.74 Å². The molecule has 170 valence electrons.